The van der Waals surface area contributed by atoms with Crippen LogP contribution in [0.3, 0.4) is 0 Å². The number of carbonyl (C=O) groups is 2. The number of hydrogen-bond acceptors (Lipinski definition) is 8. The molecule has 4 fully saturated rings. The predicted molar refractivity (Wildman–Crippen MR) is 245 cm³/mol. The summed E-state index contributed by atoms with van der Waals surface area (Å²) in [5.41, 5.74) is 6.15. The summed E-state index contributed by atoms with van der Waals surface area (Å²) in [6, 6.07) is 13.6. The molecule has 0 unspecified atom stereocenters. The summed E-state index contributed by atoms with van der Waals surface area (Å²) in [5.74, 6) is 1.01. The zero-order valence-corrected chi connectivity index (χ0v) is 38.7. The molecule has 58 heavy (non-hydrogen) atoms. The van der Waals surface area contributed by atoms with Crippen molar-refractivity contribution in [1.82, 2.24) is 24.9 Å². The largest absolute Gasteiger partial charge is 0.444 e. The molecule has 0 atom stereocenters. The lowest BCUT2D eigenvalue weighted by Gasteiger charge is -2.36. The van der Waals surface area contributed by atoms with Crippen LogP contribution in [0, 0.1) is 0 Å². The first kappa shape index (κ1) is 49.5. The minimum Gasteiger partial charge on any atom is -0.444 e. The number of nitrogens with zero attached hydrogens (tertiary/aromatic N) is 5. The van der Waals surface area contributed by atoms with E-state index in [9.17, 15) is 9.59 Å². The van der Waals surface area contributed by atoms with Crippen molar-refractivity contribution in [3.05, 3.63) is 63.1 Å². The van der Waals surface area contributed by atoms with Crippen molar-refractivity contribution in [3.63, 3.8) is 0 Å². The van der Waals surface area contributed by atoms with Crippen molar-refractivity contribution in [1.29, 1.82) is 0 Å². The lowest BCUT2D eigenvalue weighted by Crippen LogP contribution is -2.49. The van der Waals surface area contributed by atoms with Crippen molar-refractivity contribution in [2.45, 2.75) is 138 Å². The van der Waals surface area contributed by atoms with Gasteiger partial charge in [-0.25, -0.2) is 9.59 Å². The summed E-state index contributed by atoms with van der Waals surface area (Å²) in [5, 5.41) is 3.22. The van der Waals surface area contributed by atoms with Crippen LogP contribution in [0.15, 0.2) is 40.9 Å². The molecule has 0 bridgehead atoms. The Hall–Kier alpha value is -2.86. The van der Waals surface area contributed by atoms with E-state index in [4.69, 9.17) is 9.47 Å². The number of hydrogen-bond donors (Lipinski definition) is 1. The Morgan fingerprint density at radius 1 is 0.621 bits per heavy atom. The summed E-state index contributed by atoms with van der Waals surface area (Å²) in [7, 11) is 0. The molecule has 6 rings (SSSR count). The van der Waals surface area contributed by atoms with Crippen molar-refractivity contribution in [3.8, 4) is 0 Å². The zero-order chi connectivity index (χ0) is 41.8. The number of halogens is 1. The van der Waals surface area contributed by atoms with Crippen molar-refractivity contribution in [2.24, 2.45) is 0 Å². The molecule has 10 nitrogen and oxygen atoms in total. The van der Waals surface area contributed by atoms with Gasteiger partial charge in [0.15, 0.2) is 0 Å². The van der Waals surface area contributed by atoms with Gasteiger partial charge in [0.05, 0.1) is 0 Å². The number of piperazine rings is 2. The van der Waals surface area contributed by atoms with Crippen LogP contribution in [0.2, 0.25) is 0 Å². The number of carbonyl (C=O) groups excluding carboxylic acids is 2. The number of benzene rings is 2. The van der Waals surface area contributed by atoms with Crippen LogP contribution in [0.4, 0.5) is 15.3 Å². The highest BCUT2D eigenvalue weighted by atomic mass is 79.9. The molecular weight excluding hydrogens is 792 g/mol. The average Bonchev–Trinajstić information content (AvgIpc) is 3.91. The monoisotopic (exact) mass is 871 g/mol. The molecule has 0 saturated carbocycles. The summed E-state index contributed by atoms with van der Waals surface area (Å²) in [4.78, 5) is 35.4. The fourth-order valence-corrected chi connectivity index (χ4v) is 8.00. The molecule has 2 amide bonds. The molecule has 0 radical (unpaired) electrons. The first-order valence-corrected chi connectivity index (χ1v) is 22.4. The SMILES string of the molecule is C.C1CCNC1.CC(C)c1cc(Br)ccc1CN1CCN(C(=O)OC(C)(C)C)CC1.CC(C)c1cc(N2CCCC2)ccc1CN1CCN(C(=O)OC(C)(C)C)CC1. The first-order valence-electron chi connectivity index (χ1n) is 21.7. The van der Waals surface area contributed by atoms with E-state index in [-0.39, 0.29) is 19.6 Å². The van der Waals surface area contributed by atoms with Crippen LogP contribution in [0.5, 0.6) is 0 Å². The topological polar surface area (TPSA) is 80.8 Å². The highest BCUT2D eigenvalue weighted by Crippen LogP contribution is 2.29. The molecule has 1 N–H and O–H groups in total. The molecule has 2 aromatic rings. The minimum absolute atomic E-state index is 0. The van der Waals surface area contributed by atoms with Crippen LogP contribution in [-0.2, 0) is 22.6 Å². The number of nitrogens with one attached hydrogen (secondary N) is 1. The van der Waals surface area contributed by atoms with E-state index in [2.05, 4.69) is 100 Å². The van der Waals surface area contributed by atoms with E-state index in [1.807, 2.05) is 51.3 Å². The Labute approximate surface area is 361 Å². The van der Waals surface area contributed by atoms with Gasteiger partial charge < -0.3 is 29.5 Å². The quantitative estimate of drug-likeness (QED) is 0.295. The van der Waals surface area contributed by atoms with Gasteiger partial charge in [0, 0.05) is 88.7 Å². The van der Waals surface area contributed by atoms with Crippen molar-refractivity contribution < 1.29 is 19.1 Å². The fourth-order valence-electron chi connectivity index (χ4n) is 7.62. The smallest absolute Gasteiger partial charge is 0.410 e. The van der Waals surface area contributed by atoms with Gasteiger partial charge >= 0.3 is 12.2 Å². The Kier molecular flexibility index (Phi) is 19.8. The number of anilines is 1. The van der Waals surface area contributed by atoms with Gasteiger partial charge in [-0.3, -0.25) is 9.80 Å². The van der Waals surface area contributed by atoms with E-state index >= 15 is 0 Å². The standard InChI is InChI=1S/C23H37N3O2.C19H29BrN2O2.C4H9N.CH4/c1-18(2)21-16-20(25-10-6-7-11-25)9-8-19(21)17-24-12-14-26(15-13-24)22(27)28-23(3,4)5;1-14(2)17-12-16(20)7-6-15(17)13-21-8-10-22(11-9-21)18(23)24-19(3,4)5;1-2-4-5-3-1;/h8-9,16,18H,6-7,10-15,17H2,1-5H3;6-7,12,14H,8-11,13H2,1-5H3;5H,1-4H2;1H4. The van der Waals surface area contributed by atoms with Crippen LogP contribution >= 0.6 is 15.9 Å². The fraction of sp³-hybridized carbons (Fsp3) is 0.702. The van der Waals surface area contributed by atoms with Crippen LogP contribution in [0.25, 0.3) is 0 Å². The average molecular weight is 872 g/mol. The van der Waals surface area contributed by atoms with Crippen LogP contribution < -0.4 is 10.2 Å². The maximum absolute atomic E-state index is 12.3. The van der Waals surface area contributed by atoms with Gasteiger partial charge in [-0.2, -0.15) is 0 Å². The summed E-state index contributed by atoms with van der Waals surface area (Å²) in [6.07, 6.45) is 5.00. The molecule has 4 heterocycles. The maximum atomic E-state index is 12.3. The highest BCUT2D eigenvalue weighted by Gasteiger charge is 2.28. The second kappa shape index (κ2) is 23.2. The third-order valence-electron chi connectivity index (χ3n) is 10.7. The molecule has 0 aliphatic carbocycles. The van der Waals surface area contributed by atoms with Crippen LogP contribution in [0.1, 0.15) is 136 Å². The summed E-state index contributed by atoms with van der Waals surface area (Å²) >= 11 is 3.57. The second-order valence-corrected chi connectivity index (χ2v) is 19.6. The molecule has 4 aliphatic heterocycles. The predicted octanol–water partition coefficient (Wildman–Crippen LogP) is 10.1. The van der Waals surface area contributed by atoms with E-state index in [0.29, 0.717) is 11.8 Å². The van der Waals surface area contributed by atoms with Gasteiger partial charge in [-0.05, 0) is 139 Å². The lowest BCUT2D eigenvalue weighted by molar-refractivity contribution is 0.0129. The third-order valence-corrected chi connectivity index (χ3v) is 11.2. The molecule has 11 heteroatoms. The van der Waals surface area contributed by atoms with Crippen molar-refractivity contribution in [2.75, 3.05) is 83.4 Å². The second-order valence-electron chi connectivity index (χ2n) is 18.7. The first-order chi connectivity index (χ1) is 26.9. The number of ether oxygens (including phenoxy) is 2. The summed E-state index contributed by atoms with van der Waals surface area (Å²) in [6.45, 7) is 33.7. The molecule has 0 aromatic heterocycles. The molecule has 2 aromatic carbocycles. The van der Waals surface area contributed by atoms with E-state index in [1.54, 1.807) is 0 Å². The molecular formula is C47H79BrN6O4. The minimum atomic E-state index is -0.433. The Morgan fingerprint density at radius 2 is 1.03 bits per heavy atom. The summed E-state index contributed by atoms with van der Waals surface area (Å²) < 4.78 is 12.1. The third kappa shape index (κ3) is 16.7. The maximum Gasteiger partial charge on any atom is 0.410 e. The van der Waals surface area contributed by atoms with E-state index < -0.39 is 11.2 Å². The number of rotatable bonds is 7. The Morgan fingerprint density at radius 3 is 1.41 bits per heavy atom. The van der Waals surface area contributed by atoms with Gasteiger partial charge in [-0.1, -0.05) is 63.2 Å². The van der Waals surface area contributed by atoms with E-state index in [0.717, 1.165) is 69.9 Å². The zero-order valence-electron chi connectivity index (χ0n) is 37.1. The van der Waals surface area contributed by atoms with Crippen molar-refractivity contribution >= 4 is 33.8 Å². The Balaban J connectivity index is 0.000000274. The van der Waals surface area contributed by atoms with Gasteiger partial charge in [0.2, 0.25) is 0 Å². The molecule has 4 aliphatic rings. The number of amides is 2. The lowest BCUT2D eigenvalue weighted by atomic mass is 9.95. The van der Waals surface area contributed by atoms with Gasteiger partial charge in [0.1, 0.15) is 11.2 Å². The highest BCUT2D eigenvalue weighted by molar-refractivity contribution is 9.10. The normalized spacial score (nSPS) is 18.0. The molecule has 328 valence electrons. The molecule has 0 spiro atoms. The molecule has 4 saturated heterocycles. The van der Waals surface area contributed by atoms with Gasteiger partial charge in [0.25, 0.3) is 0 Å². The van der Waals surface area contributed by atoms with Gasteiger partial charge in [-0.15, -0.1) is 0 Å². The van der Waals surface area contributed by atoms with Crippen LogP contribution in [-0.4, -0.2) is 122 Å². The van der Waals surface area contributed by atoms with E-state index in [1.165, 1.54) is 79.8 Å². The Bertz CT molecular complexity index is 1540.